The minimum absolute atomic E-state index is 0.196. The first-order chi connectivity index (χ1) is 13.5. The first-order valence-electron chi connectivity index (χ1n) is 10.6. The number of benzene rings is 1. The lowest BCUT2D eigenvalue weighted by molar-refractivity contribution is -0.127. The van der Waals surface area contributed by atoms with E-state index in [1.165, 1.54) is 34.4 Å². The number of carbonyl (C=O) groups is 1. The standard InChI is InChI=1S/C23H32N4O/c1-16-10-17(2)22(18(3)11-16)15-26-8-5-9-27-21(14-26)12-20(25-27)13-24-23(28)19-6-4-7-19/h10-12,19H,4-9,13-15H2,1-3H3,(H,24,28). The fraction of sp³-hybridized carbons (Fsp3) is 0.565. The number of nitrogens with zero attached hydrogens (tertiary/aromatic N) is 3. The van der Waals surface area contributed by atoms with Crippen molar-refractivity contribution in [3.8, 4) is 0 Å². The zero-order chi connectivity index (χ0) is 19.7. The Morgan fingerprint density at radius 2 is 1.86 bits per heavy atom. The van der Waals surface area contributed by atoms with Gasteiger partial charge in [-0.3, -0.25) is 14.4 Å². The average Bonchev–Trinajstić information content (AvgIpc) is 2.86. The molecule has 5 nitrogen and oxygen atoms in total. The van der Waals surface area contributed by atoms with Gasteiger partial charge >= 0.3 is 0 Å². The number of amides is 1. The van der Waals surface area contributed by atoms with Crippen molar-refractivity contribution in [1.82, 2.24) is 20.0 Å². The molecule has 2 aromatic rings. The number of carbonyl (C=O) groups excluding carboxylic acids is 1. The highest BCUT2D eigenvalue weighted by Crippen LogP contribution is 2.26. The van der Waals surface area contributed by atoms with Crippen LogP contribution in [-0.4, -0.2) is 27.1 Å². The lowest BCUT2D eigenvalue weighted by Crippen LogP contribution is -2.34. The summed E-state index contributed by atoms with van der Waals surface area (Å²) >= 11 is 0. The Bertz CT molecular complexity index is 842. The second-order valence-electron chi connectivity index (χ2n) is 8.64. The van der Waals surface area contributed by atoms with Crippen LogP contribution in [0.2, 0.25) is 0 Å². The molecule has 0 atom stereocenters. The van der Waals surface area contributed by atoms with E-state index in [1.54, 1.807) is 0 Å². The molecule has 0 spiro atoms. The maximum atomic E-state index is 12.1. The molecule has 1 amide bonds. The van der Waals surface area contributed by atoms with Crippen LogP contribution in [0.15, 0.2) is 18.2 Å². The van der Waals surface area contributed by atoms with Gasteiger partial charge in [0.25, 0.3) is 0 Å². The molecule has 0 unspecified atom stereocenters. The largest absolute Gasteiger partial charge is 0.350 e. The minimum atomic E-state index is 0.196. The number of nitrogens with one attached hydrogen (secondary N) is 1. The normalized spacial score (nSPS) is 17.7. The van der Waals surface area contributed by atoms with Crippen LogP contribution in [-0.2, 0) is 31.0 Å². The van der Waals surface area contributed by atoms with Crippen LogP contribution in [0.3, 0.4) is 0 Å². The van der Waals surface area contributed by atoms with Crippen LogP contribution in [0, 0.1) is 26.7 Å². The maximum Gasteiger partial charge on any atom is 0.223 e. The van der Waals surface area contributed by atoms with Crippen molar-refractivity contribution in [1.29, 1.82) is 0 Å². The molecule has 4 rings (SSSR count). The monoisotopic (exact) mass is 380 g/mol. The van der Waals surface area contributed by atoms with Gasteiger partial charge in [0.1, 0.15) is 0 Å². The number of fused-ring (bicyclic) bond motifs is 1. The van der Waals surface area contributed by atoms with Gasteiger partial charge in [-0.25, -0.2) is 0 Å². The molecule has 0 saturated heterocycles. The van der Waals surface area contributed by atoms with Crippen molar-refractivity contribution >= 4 is 5.91 Å². The molecule has 28 heavy (non-hydrogen) atoms. The SMILES string of the molecule is Cc1cc(C)c(CN2CCCn3nc(CNC(=O)C4CCC4)cc3C2)c(C)c1. The molecule has 1 fully saturated rings. The van der Waals surface area contributed by atoms with Crippen LogP contribution < -0.4 is 5.32 Å². The zero-order valence-corrected chi connectivity index (χ0v) is 17.4. The van der Waals surface area contributed by atoms with E-state index < -0.39 is 0 Å². The van der Waals surface area contributed by atoms with Gasteiger partial charge in [-0.1, -0.05) is 24.1 Å². The Balaban J connectivity index is 1.42. The van der Waals surface area contributed by atoms with Gasteiger partial charge in [0.15, 0.2) is 0 Å². The molecule has 0 bridgehead atoms. The van der Waals surface area contributed by atoms with Crippen LogP contribution in [0.5, 0.6) is 0 Å². The van der Waals surface area contributed by atoms with Crippen LogP contribution >= 0.6 is 0 Å². The van der Waals surface area contributed by atoms with Gasteiger partial charge in [0.2, 0.25) is 5.91 Å². The summed E-state index contributed by atoms with van der Waals surface area (Å²) in [6, 6.07) is 6.74. The van der Waals surface area contributed by atoms with E-state index in [-0.39, 0.29) is 11.8 Å². The van der Waals surface area contributed by atoms with Crippen LogP contribution in [0.1, 0.15) is 59.3 Å². The molecule has 1 aliphatic carbocycles. The van der Waals surface area contributed by atoms with Gasteiger partial charge in [0, 0.05) is 32.1 Å². The number of hydrogen-bond acceptors (Lipinski definition) is 3. The molecule has 1 saturated carbocycles. The molecule has 1 aliphatic heterocycles. The summed E-state index contributed by atoms with van der Waals surface area (Å²) < 4.78 is 2.14. The third-order valence-electron chi connectivity index (χ3n) is 6.29. The van der Waals surface area contributed by atoms with Crippen molar-refractivity contribution in [2.45, 2.75) is 72.6 Å². The van der Waals surface area contributed by atoms with E-state index >= 15 is 0 Å². The Kier molecular flexibility index (Phi) is 5.54. The van der Waals surface area contributed by atoms with Gasteiger partial charge in [-0.15, -0.1) is 0 Å². The third kappa shape index (κ3) is 4.14. The zero-order valence-electron chi connectivity index (χ0n) is 17.4. The molecule has 5 heteroatoms. The molecule has 2 heterocycles. The van der Waals surface area contributed by atoms with E-state index in [9.17, 15) is 4.79 Å². The lowest BCUT2D eigenvalue weighted by Gasteiger charge is -2.23. The van der Waals surface area contributed by atoms with Gasteiger partial charge in [0.05, 0.1) is 17.9 Å². The smallest absolute Gasteiger partial charge is 0.223 e. The summed E-state index contributed by atoms with van der Waals surface area (Å²) in [7, 11) is 0. The van der Waals surface area contributed by atoms with Gasteiger partial charge in [-0.05, 0) is 62.8 Å². The van der Waals surface area contributed by atoms with Gasteiger partial charge in [-0.2, -0.15) is 5.10 Å². The fourth-order valence-electron chi connectivity index (χ4n) is 4.48. The number of aryl methyl sites for hydroxylation is 4. The predicted octanol–water partition coefficient (Wildman–Crippen LogP) is 3.63. The molecular weight excluding hydrogens is 348 g/mol. The molecule has 1 aromatic carbocycles. The summed E-state index contributed by atoms with van der Waals surface area (Å²) in [6.45, 7) is 11.1. The lowest BCUT2D eigenvalue weighted by atomic mass is 9.85. The van der Waals surface area contributed by atoms with Crippen LogP contribution in [0.25, 0.3) is 0 Å². The molecule has 1 aromatic heterocycles. The summed E-state index contributed by atoms with van der Waals surface area (Å²) in [4.78, 5) is 14.6. The summed E-state index contributed by atoms with van der Waals surface area (Å²) in [6.07, 6.45) is 4.37. The quantitative estimate of drug-likeness (QED) is 0.862. The van der Waals surface area contributed by atoms with Crippen molar-refractivity contribution < 1.29 is 4.79 Å². The van der Waals surface area contributed by atoms with Crippen molar-refractivity contribution in [2.24, 2.45) is 5.92 Å². The third-order valence-corrected chi connectivity index (χ3v) is 6.29. The predicted molar refractivity (Wildman–Crippen MR) is 111 cm³/mol. The second kappa shape index (κ2) is 8.08. The van der Waals surface area contributed by atoms with E-state index in [0.29, 0.717) is 6.54 Å². The van der Waals surface area contributed by atoms with Gasteiger partial charge < -0.3 is 5.32 Å². The Hall–Kier alpha value is -2.14. The highest BCUT2D eigenvalue weighted by molar-refractivity contribution is 5.79. The maximum absolute atomic E-state index is 12.1. The molecule has 2 aliphatic rings. The average molecular weight is 381 g/mol. The molecular formula is C23H32N4O. The fourth-order valence-corrected chi connectivity index (χ4v) is 4.48. The second-order valence-corrected chi connectivity index (χ2v) is 8.64. The topological polar surface area (TPSA) is 50.2 Å². The Morgan fingerprint density at radius 3 is 2.54 bits per heavy atom. The number of rotatable bonds is 5. The van der Waals surface area contributed by atoms with E-state index in [1.807, 2.05) is 0 Å². The molecule has 150 valence electrons. The number of hydrogen-bond donors (Lipinski definition) is 1. The summed E-state index contributed by atoms with van der Waals surface area (Å²) in [5, 5.41) is 7.82. The number of aromatic nitrogens is 2. The van der Waals surface area contributed by atoms with Crippen LogP contribution in [0.4, 0.5) is 0 Å². The molecule has 1 N–H and O–H groups in total. The molecule has 0 radical (unpaired) electrons. The highest BCUT2D eigenvalue weighted by Gasteiger charge is 2.25. The van der Waals surface area contributed by atoms with Crippen molar-refractivity contribution in [3.05, 3.63) is 51.8 Å². The van der Waals surface area contributed by atoms with Crippen molar-refractivity contribution in [3.63, 3.8) is 0 Å². The van der Waals surface area contributed by atoms with E-state index in [4.69, 9.17) is 5.10 Å². The Labute approximate surface area is 168 Å². The highest BCUT2D eigenvalue weighted by atomic mass is 16.1. The first-order valence-corrected chi connectivity index (χ1v) is 10.6. The van der Waals surface area contributed by atoms with E-state index in [2.05, 4.69) is 53.9 Å². The minimum Gasteiger partial charge on any atom is -0.350 e. The van der Waals surface area contributed by atoms with Crippen molar-refractivity contribution in [2.75, 3.05) is 6.54 Å². The van der Waals surface area contributed by atoms with E-state index in [0.717, 1.165) is 51.1 Å². The summed E-state index contributed by atoms with van der Waals surface area (Å²) in [5.74, 6) is 0.429. The Morgan fingerprint density at radius 1 is 1.11 bits per heavy atom. The first kappa shape index (κ1) is 19.2. The summed E-state index contributed by atoms with van der Waals surface area (Å²) in [5.41, 5.74) is 7.79.